The largest absolute Gasteiger partial charge is 0.459 e. The Labute approximate surface area is 123 Å². The van der Waals surface area contributed by atoms with Gasteiger partial charge in [0.1, 0.15) is 6.61 Å². The molecule has 0 radical (unpaired) electrons. The molecule has 0 atom stereocenters. The lowest BCUT2D eigenvalue weighted by Crippen LogP contribution is -2.07. The fraction of sp³-hybridized carbons (Fsp3) is 0.250. The predicted octanol–water partition coefficient (Wildman–Crippen LogP) is 3.72. The van der Waals surface area contributed by atoms with Gasteiger partial charge in [-0.25, -0.2) is 0 Å². The van der Waals surface area contributed by atoms with Crippen LogP contribution >= 0.6 is 11.6 Å². The number of aromatic nitrogens is 1. The summed E-state index contributed by atoms with van der Waals surface area (Å²) in [7, 11) is 0. The highest BCUT2D eigenvalue weighted by Crippen LogP contribution is 2.11. The van der Waals surface area contributed by atoms with E-state index in [0.29, 0.717) is 23.6 Å². The maximum absolute atomic E-state index is 11.7. The summed E-state index contributed by atoms with van der Waals surface area (Å²) in [6.07, 6.45) is 2.65. The Balaban J connectivity index is 1.80. The third kappa shape index (κ3) is 4.35. The van der Waals surface area contributed by atoms with Gasteiger partial charge in [0, 0.05) is 17.6 Å². The number of hydrogen-bond acceptors (Lipinski definition) is 3. The zero-order valence-corrected chi connectivity index (χ0v) is 12.1. The van der Waals surface area contributed by atoms with Gasteiger partial charge in [-0.1, -0.05) is 35.9 Å². The van der Waals surface area contributed by atoms with E-state index in [-0.39, 0.29) is 12.6 Å². The van der Waals surface area contributed by atoms with Crippen molar-refractivity contribution in [1.29, 1.82) is 0 Å². The molecule has 1 aromatic heterocycles. The highest BCUT2D eigenvalue weighted by atomic mass is 35.5. The molecule has 0 N–H and O–H groups in total. The Hall–Kier alpha value is -1.87. The average molecular weight is 290 g/mol. The third-order valence-electron chi connectivity index (χ3n) is 3.02. The van der Waals surface area contributed by atoms with Crippen LogP contribution in [0.5, 0.6) is 0 Å². The van der Waals surface area contributed by atoms with Gasteiger partial charge in [0.05, 0.1) is 5.69 Å². The maximum Gasteiger partial charge on any atom is 0.306 e. The van der Waals surface area contributed by atoms with Crippen molar-refractivity contribution in [3.8, 4) is 0 Å². The molecule has 0 aliphatic rings. The second-order valence-corrected chi connectivity index (χ2v) is 4.99. The third-order valence-corrected chi connectivity index (χ3v) is 3.25. The summed E-state index contributed by atoms with van der Waals surface area (Å²) in [4.78, 5) is 15.8. The zero-order chi connectivity index (χ0) is 14.4. The van der Waals surface area contributed by atoms with Crippen LogP contribution in [-0.4, -0.2) is 11.0 Å². The lowest BCUT2D eigenvalue weighted by Gasteiger charge is -2.06. The molecule has 4 heteroatoms. The Morgan fingerprint density at radius 2 is 2.10 bits per heavy atom. The molecule has 0 saturated heterocycles. The molecule has 0 unspecified atom stereocenters. The molecule has 0 spiro atoms. The monoisotopic (exact) mass is 289 g/mol. The molecule has 0 aliphatic heterocycles. The fourth-order valence-electron chi connectivity index (χ4n) is 1.88. The number of nitrogens with zero attached hydrogens (tertiary/aromatic N) is 1. The average Bonchev–Trinajstić information content (AvgIpc) is 2.44. The van der Waals surface area contributed by atoms with Gasteiger partial charge in [-0.3, -0.25) is 9.78 Å². The standard InChI is InChI=1S/C16H16ClNO2/c1-12-4-2-3-5-13(12)6-7-16(19)20-11-15-10-14(17)8-9-18-15/h2-5,8-10H,6-7,11H2,1H3. The van der Waals surface area contributed by atoms with Crippen LogP contribution in [0.2, 0.25) is 5.02 Å². The summed E-state index contributed by atoms with van der Waals surface area (Å²) in [5.41, 5.74) is 3.02. The van der Waals surface area contributed by atoms with Crippen LogP contribution in [0, 0.1) is 6.92 Å². The highest BCUT2D eigenvalue weighted by molar-refractivity contribution is 6.30. The molecule has 0 fully saturated rings. The van der Waals surface area contributed by atoms with Gasteiger partial charge < -0.3 is 4.74 Å². The summed E-state index contributed by atoms with van der Waals surface area (Å²) < 4.78 is 5.18. The molecule has 0 saturated carbocycles. The number of ether oxygens (including phenoxy) is 1. The fourth-order valence-corrected chi connectivity index (χ4v) is 2.06. The van der Waals surface area contributed by atoms with Crippen molar-refractivity contribution in [2.24, 2.45) is 0 Å². The quantitative estimate of drug-likeness (QED) is 0.788. The van der Waals surface area contributed by atoms with Crippen molar-refractivity contribution in [2.45, 2.75) is 26.4 Å². The molecule has 1 heterocycles. The van der Waals surface area contributed by atoms with E-state index in [2.05, 4.69) is 4.98 Å². The van der Waals surface area contributed by atoms with Crippen molar-refractivity contribution < 1.29 is 9.53 Å². The Kier molecular flexibility index (Phi) is 5.13. The van der Waals surface area contributed by atoms with E-state index in [4.69, 9.17) is 16.3 Å². The molecule has 0 aliphatic carbocycles. The van der Waals surface area contributed by atoms with Crippen LogP contribution in [0.1, 0.15) is 23.2 Å². The number of aryl methyl sites for hydroxylation is 2. The first kappa shape index (κ1) is 14.5. The number of benzene rings is 1. The van der Waals surface area contributed by atoms with E-state index < -0.39 is 0 Å². The van der Waals surface area contributed by atoms with E-state index in [0.717, 1.165) is 0 Å². The minimum atomic E-state index is -0.227. The number of rotatable bonds is 5. The summed E-state index contributed by atoms with van der Waals surface area (Å²) in [5, 5.41) is 0.589. The Bertz CT molecular complexity index is 599. The van der Waals surface area contributed by atoms with Gasteiger partial charge in [0.2, 0.25) is 0 Å². The second-order valence-electron chi connectivity index (χ2n) is 4.55. The molecule has 2 aromatic rings. The van der Waals surface area contributed by atoms with E-state index >= 15 is 0 Å². The molecule has 104 valence electrons. The number of esters is 1. The Morgan fingerprint density at radius 1 is 1.30 bits per heavy atom. The summed E-state index contributed by atoms with van der Waals surface area (Å²) in [6, 6.07) is 11.4. The summed E-state index contributed by atoms with van der Waals surface area (Å²) in [5.74, 6) is -0.227. The normalized spacial score (nSPS) is 10.3. The number of pyridine rings is 1. The number of carbonyl (C=O) groups is 1. The zero-order valence-electron chi connectivity index (χ0n) is 11.3. The Morgan fingerprint density at radius 3 is 2.85 bits per heavy atom. The van der Waals surface area contributed by atoms with Crippen LogP contribution in [-0.2, 0) is 22.6 Å². The van der Waals surface area contributed by atoms with Crippen LogP contribution in [0.3, 0.4) is 0 Å². The van der Waals surface area contributed by atoms with Gasteiger partial charge in [-0.2, -0.15) is 0 Å². The van der Waals surface area contributed by atoms with Crippen LogP contribution in [0.15, 0.2) is 42.6 Å². The maximum atomic E-state index is 11.7. The summed E-state index contributed by atoms with van der Waals surface area (Å²) >= 11 is 5.84. The van der Waals surface area contributed by atoms with Gasteiger partial charge in [-0.05, 0) is 36.6 Å². The van der Waals surface area contributed by atoms with Crippen LogP contribution < -0.4 is 0 Å². The van der Waals surface area contributed by atoms with Crippen molar-refractivity contribution in [1.82, 2.24) is 4.98 Å². The molecular weight excluding hydrogens is 274 g/mol. The molecule has 0 amide bonds. The first-order valence-electron chi connectivity index (χ1n) is 6.46. The SMILES string of the molecule is Cc1ccccc1CCC(=O)OCc1cc(Cl)ccn1. The number of halogens is 1. The van der Waals surface area contributed by atoms with Gasteiger partial charge in [-0.15, -0.1) is 0 Å². The van der Waals surface area contributed by atoms with Crippen molar-refractivity contribution in [3.63, 3.8) is 0 Å². The molecule has 1 aromatic carbocycles. The smallest absolute Gasteiger partial charge is 0.306 e. The van der Waals surface area contributed by atoms with Gasteiger partial charge in [0.25, 0.3) is 0 Å². The van der Waals surface area contributed by atoms with Crippen molar-refractivity contribution >= 4 is 17.6 Å². The highest BCUT2D eigenvalue weighted by Gasteiger charge is 2.06. The van der Waals surface area contributed by atoms with Crippen molar-refractivity contribution in [3.05, 3.63) is 64.4 Å². The molecule has 3 nitrogen and oxygen atoms in total. The minimum absolute atomic E-state index is 0.160. The van der Waals surface area contributed by atoms with Gasteiger partial charge >= 0.3 is 5.97 Å². The molecular formula is C16H16ClNO2. The molecule has 20 heavy (non-hydrogen) atoms. The van der Waals surface area contributed by atoms with E-state index in [9.17, 15) is 4.79 Å². The predicted molar refractivity (Wildman–Crippen MR) is 78.5 cm³/mol. The van der Waals surface area contributed by atoms with Crippen LogP contribution in [0.4, 0.5) is 0 Å². The second kappa shape index (κ2) is 7.06. The first-order chi connectivity index (χ1) is 9.65. The van der Waals surface area contributed by atoms with E-state index in [1.165, 1.54) is 11.1 Å². The minimum Gasteiger partial charge on any atom is -0.459 e. The van der Waals surface area contributed by atoms with E-state index in [1.807, 2.05) is 31.2 Å². The lowest BCUT2D eigenvalue weighted by molar-refractivity contribution is -0.145. The lowest BCUT2D eigenvalue weighted by atomic mass is 10.0. The number of carbonyl (C=O) groups excluding carboxylic acids is 1. The summed E-state index contributed by atoms with van der Waals surface area (Å²) in [6.45, 7) is 2.20. The van der Waals surface area contributed by atoms with Crippen molar-refractivity contribution in [2.75, 3.05) is 0 Å². The first-order valence-corrected chi connectivity index (χ1v) is 6.83. The van der Waals surface area contributed by atoms with E-state index in [1.54, 1.807) is 18.3 Å². The number of hydrogen-bond donors (Lipinski definition) is 0. The van der Waals surface area contributed by atoms with Crippen LogP contribution in [0.25, 0.3) is 0 Å². The topological polar surface area (TPSA) is 39.2 Å². The van der Waals surface area contributed by atoms with Gasteiger partial charge in [0.15, 0.2) is 0 Å². The molecule has 2 rings (SSSR count). The molecule has 0 bridgehead atoms.